The molecule has 1 aliphatic heterocycles. The summed E-state index contributed by atoms with van der Waals surface area (Å²) < 4.78 is 31.7. The number of carbonyl (C=O) groups is 1. The van der Waals surface area contributed by atoms with Crippen molar-refractivity contribution in [3.8, 4) is 0 Å². The van der Waals surface area contributed by atoms with Crippen LogP contribution in [0.2, 0.25) is 0 Å². The standard InChI is InChI=1S/C10H17F2NO3/c1-2-16-8(14)10(11,12)9(15)4-3-6-13-7-5-9/h13,15H,2-7H2,1H3. The first-order valence-corrected chi connectivity index (χ1v) is 5.42. The van der Waals surface area contributed by atoms with Crippen LogP contribution in [0.5, 0.6) is 0 Å². The van der Waals surface area contributed by atoms with Crippen molar-refractivity contribution in [2.24, 2.45) is 0 Å². The number of alkyl halides is 2. The van der Waals surface area contributed by atoms with Gasteiger partial charge in [0.15, 0.2) is 0 Å². The lowest BCUT2D eigenvalue weighted by Crippen LogP contribution is -2.54. The number of carbonyl (C=O) groups excluding carboxylic acids is 1. The molecule has 2 N–H and O–H groups in total. The molecule has 0 bridgehead atoms. The number of rotatable bonds is 3. The van der Waals surface area contributed by atoms with Gasteiger partial charge in [0.25, 0.3) is 0 Å². The van der Waals surface area contributed by atoms with E-state index in [1.807, 2.05) is 0 Å². The number of esters is 1. The van der Waals surface area contributed by atoms with Crippen LogP contribution in [0.25, 0.3) is 0 Å². The predicted molar refractivity (Wildman–Crippen MR) is 53.3 cm³/mol. The van der Waals surface area contributed by atoms with E-state index < -0.39 is 17.5 Å². The van der Waals surface area contributed by atoms with Crippen molar-refractivity contribution >= 4 is 5.97 Å². The quantitative estimate of drug-likeness (QED) is 0.709. The second-order valence-electron chi connectivity index (χ2n) is 3.93. The van der Waals surface area contributed by atoms with Crippen LogP contribution >= 0.6 is 0 Å². The van der Waals surface area contributed by atoms with E-state index in [0.717, 1.165) is 0 Å². The van der Waals surface area contributed by atoms with E-state index in [9.17, 15) is 18.7 Å². The summed E-state index contributed by atoms with van der Waals surface area (Å²) in [4.78, 5) is 11.1. The molecule has 0 saturated carbocycles. The van der Waals surface area contributed by atoms with Crippen LogP contribution in [0.3, 0.4) is 0 Å². The lowest BCUT2D eigenvalue weighted by atomic mass is 9.87. The van der Waals surface area contributed by atoms with Gasteiger partial charge in [-0.25, -0.2) is 4.79 Å². The van der Waals surface area contributed by atoms with Crippen molar-refractivity contribution < 1.29 is 23.4 Å². The summed E-state index contributed by atoms with van der Waals surface area (Å²) in [6.45, 7) is 2.17. The lowest BCUT2D eigenvalue weighted by molar-refractivity contribution is -0.215. The molecule has 0 radical (unpaired) electrons. The Morgan fingerprint density at radius 1 is 1.50 bits per heavy atom. The van der Waals surface area contributed by atoms with E-state index in [4.69, 9.17) is 0 Å². The van der Waals surface area contributed by atoms with Gasteiger partial charge in [-0.05, 0) is 39.3 Å². The van der Waals surface area contributed by atoms with Crippen molar-refractivity contribution in [3.63, 3.8) is 0 Å². The Kier molecular flexibility index (Phi) is 4.21. The predicted octanol–water partition coefficient (Wildman–Crippen LogP) is 0.689. The highest BCUT2D eigenvalue weighted by atomic mass is 19.3. The lowest BCUT2D eigenvalue weighted by Gasteiger charge is -2.32. The Bertz CT molecular complexity index is 250. The summed E-state index contributed by atoms with van der Waals surface area (Å²) in [5, 5.41) is 12.8. The van der Waals surface area contributed by atoms with E-state index in [1.54, 1.807) is 0 Å². The zero-order chi connectivity index (χ0) is 12.2. The van der Waals surface area contributed by atoms with Crippen molar-refractivity contribution in [1.82, 2.24) is 5.32 Å². The van der Waals surface area contributed by atoms with E-state index in [1.165, 1.54) is 6.92 Å². The molecular weight excluding hydrogens is 220 g/mol. The third kappa shape index (κ3) is 2.49. The molecule has 4 nitrogen and oxygen atoms in total. The molecule has 1 aliphatic rings. The molecule has 1 heterocycles. The maximum absolute atomic E-state index is 13.7. The molecule has 16 heavy (non-hydrogen) atoms. The highest BCUT2D eigenvalue weighted by Crippen LogP contribution is 2.37. The Morgan fingerprint density at radius 2 is 2.19 bits per heavy atom. The molecule has 1 fully saturated rings. The molecule has 1 rings (SSSR count). The van der Waals surface area contributed by atoms with Gasteiger partial charge in [-0.3, -0.25) is 0 Å². The molecule has 1 saturated heterocycles. The third-order valence-corrected chi connectivity index (χ3v) is 2.78. The largest absolute Gasteiger partial charge is 0.461 e. The molecule has 6 heteroatoms. The summed E-state index contributed by atoms with van der Waals surface area (Å²) >= 11 is 0. The van der Waals surface area contributed by atoms with Crippen LogP contribution in [0.1, 0.15) is 26.2 Å². The van der Waals surface area contributed by atoms with Gasteiger partial charge in [0.1, 0.15) is 5.60 Å². The first-order valence-electron chi connectivity index (χ1n) is 5.42. The molecule has 94 valence electrons. The molecule has 0 amide bonds. The maximum Gasteiger partial charge on any atom is 0.380 e. The molecule has 1 unspecified atom stereocenters. The Morgan fingerprint density at radius 3 is 2.81 bits per heavy atom. The van der Waals surface area contributed by atoms with Crippen molar-refractivity contribution in [3.05, 3.63) is 0 Å². The van der Waals surface area contributed by atoms with Crippen molar-refractivity contribution in [2.45, 2.75) is 37.7 Å². The molecule has 0 aliphatic carbocycles. The van der Waals surface area contributed by atoms with Crippen molar-refractivity contribution in [1.29, 1.82) is 0 Å². The van der Waals surface area contributed by atoms with Crippen LogP contribution < -0.4 is 5.32 Å². The maximum atomic E-state index is 13.7. The van der Waals surface area contributed by atoms with Crippen LogP contribution in [0.4, 0.5) is 8.78 Å². The number of hydrogen-bond donors (Lipinski definition) is 2. The first kappa shape index (κ1) is 13.3. The minimum absolute atomic E-state index is 0.105. The van der Waals surface area contributed by atoms with Gasteiger partial charge in [-0.1, -0.05) is 0 Å². The minimum Gasteiger partial charge on any atom is -0.461 e. The normalized spacial score (nSPS) is 27.2. The zero-order valence-corrected chi connectivity index (χ0v) is 9.26. The first-order chi connectivity index (χ1) is 7.44. The van der Waals surface area contributed by atoms with Crippen LogP contribution in [-0.4, -0.2) is 42.3 Å². The van der Waals surface area contributed by atoms with Crippen LogP contribution in [0, 0.1) is 0 Å². The highest BCUT2D eigenvalue weighted by molar-refractivity contribution is 5.79. The fraction of sp³-hybridized carbons (Fsp3) is 0.900. The molecule has 0 aromatic heterocycles. The summed E-state index contributed by atoms with van der Waals surface area (Å²) in [5.41, 5.74) is -2.29. The van der Waals surface area contributed by atoms with Gasteiger partial charge >= 0.3 is 11.9 Å². The topological polar surface area (TPSA) is 58.6 Å². The fourth-order valence-corrected chi connectivity index (χ4v) is 1.78. The molecule has 0 aromatic carbocycles. The summed E-state index contributed by atoms with van der Waals surface area (Å²) in [7, 11) is 0. The van der Waals surface area contributed by atoms with Gasteiger partial charge in [-0.15, -0.1) is 0 Å². The van der Waals surface area contributed by atoms with Gasteiger partial charge in [0.2, 0.25) is 0 Å². The Hall–Kier alpha value is -0.750. The number of nitrogens with one attached hydrogen (secondary N) is 1. The van der Waals surface area contributed by atoms with Gasteiger partial charge in [-0.2, -0.15) is 8.78 Å². The third-order valence-electron chi connectivity index (χ3n) is 2.78. The Labute approximate surface area is 93.0 Å². The fourth-order valence-electron chi connectivity index (χ4n) is 1.78. The van der Waals surface area contributed by atoms with Crippen LogP contribution in [0.15, 0.2) is 0 Å². The molecule has 1 atom stereocenters. The van der Waals surface area contributed by atoms with E-state index in [2.05, 4.69) is 10.1 Å². The van der Waals surface area contributed by atoms with Crippen molar-refractivity contribution in [2.75, 3.05) is 19.7 Å². The van der Waals surface area contributed by atoms with E-state index in [-0.39, 0.29) is 26.0 Å². The summed E-state index contributed by atoms with van der Waals surface area (Å²) in [6.07, 6.45) is 0.149. The number of aliphatic hydroxyl groups is 1. The van der Waals surface area contributed by atoms with E-state index >= 15 is 0 Å². The van der Waals surface area contributed by atoms with Gasteiger partial charge < -0.3 is 15.2 Å². The summed E-state index contributed by atoms with van der Waals surface area (Å²) in [6, 6.07) is 0. The second-order valence-corrected chi connectivity index (χ2v) is 3.93. The second kappa shape index (κ2) is 5.05. The van der Waals surface area contributed by atoms with Gasteiger partial charge in [0, 0.05) is 0 Å². The molecular formula is C10H17F2NO3. The minimum atomic E-state index is -3.84. The average Bonchev–Trinajstić information content (AvgIpc) is 2.44. The zero-order valence-electron chi connectivity index (χ0n) is 9.26. The molecule has 0 spiro atoms. The monoisotopic (exact) mass is 237 g/mol. The number of hydrogen-bond acceptors (Lipinski definition) is 4. The average molecular weight is 237 g/mol. The number of halogens is 2. The summed E-state index contributed by atoms with van der Waals surface area (Å²) in [5.74, 6) is -5.48. The highest BCUT2D eigenvalue weighted by Gasteiger charge is 2.59. The van der Waals surface area contributed by atoms with E-state index in [0.29, 0.717) is 13.0 Å². The van der Waals surface area contributed by atoms with Gasteiger partial charge in [0.05, 0.1) is 6.61 Å². The Balaban J connectivity index is 2.81. The molecule has 0 aromatic rings. The van der Waals surface area contributed by atoms with Crippen LogP contribution in [-0.2, 0) is 9.53 Å². The number of ether oxygens (including phenoxy) is 1. The SMILES string of the molecule is CCOC(=O)C(F)(F)C1(O)CCCNCC1. The smallest absolute Gasteiger partial charge is 0.380 e.